The molecule has 2 bridgehead atoms. The number of nitrogens with zero attached hydrogens (tertiary/aromatic N) is 1. The van der Waals surface area contributed by atoms with Crippen LogP contribution in [-0.2, 0) is 4.79 Å². The van der Waals surface area contributed by atoms with E-state index >= 15 is 0 Å². The van der Waals surface area contributed by atoms with Gasteiger partial charge in [0.15, 0.2) is 0 Å². The lowest BCUT2D eigenvalue weighted by molar-refractivity contribution is -0.128. The van der Waals surface area contributed by atoms with Gasteiger partial charge in [-0.1, -0.05) is 12.5 Å². The highest BCUT2D eigenvalue weighted by Crippen LogP contribution is 2.42. The van der Waals surface area contributed by atoms with E-state index in [1.54, 1.807) is 6.20 Å². The molecule has 4 heteroatoms. The van der Waals surface area contributed by atoms with Gasteiger partial charge in [0.2, 0.25) is 5.91 Å². The van der Waals surface area contributed by atoms with Crippen LogP contribution in [0.15, 0.2) is 24.4 Å². The number of hydrogen-bond acceptors (Lipinski definition) is 3. The minimum atomic E-state index is -0.0332. The minimum Gasteiger partial charge on any atom is -0.348 e. The third-order valence-corrected chi connectivity index (χ3v) is 5.27. The van der Waals surface area contributed by atoms with Gasteiger partial charge in [0, 0.05) is 18.2 Å². The van der Waals surface area contributed by atoms with Crippen LogP contribution in [0.1, 0.15) is 50.8 Å². The van der Waals surface area contributed by atoms with E-state index in [-0.39, 0.29) is 17.9 Å². The van der Waals surface area contributed by atoms with Crippen molar-refractivity contribution in [2.24, 2.45) is 23.5 Å². The highest BCUT2D eigenvalue weighted by atomic mass is 16.1. The molecule has 2 aliphatic carbocycles. The van der Waals surface area contributed by atoms with Gasteiger partial charge in [-0.15, -0.1) is 0 Å². The zero-order chi connectivity index (χ0) is 14.8. The molecule has 2 saturated carbocycles. The first-order valence-corrected chi connectivity index (χ1v) is 8.12. The Bertz CT molecular complexity index is 476. The fraction of sp³-hybridized carbons (Fsp3) is 0.647. The second-order valence-electron chi connectivity index (χ2n) is 6.68. The molecule has 0 saturated heterocycles. The van der Waals surface area contributed by atoms with Crippen molar-refractivity contribution in [1.29, 1.82) is 0 Å². The molecule has 0 aromatic carbocycles. The summed E-state index contributed by atoms with van der Waals surface area (Å²) in [4.78, 5) is 16.9. The van der Waals surface area contributed by atoms with Crippen LogP contribution in [0.2, 0.25) is 0 Å². The van der Waals surface area contributed by atoms with Crippen molar-refractivity contribution in [2.75, 3.05) is 0 Å². The molecule has 21 heavy (non-hydrogen) atoms. The summed E-state index contributed by atoms with van der Waals surface area (Å²) in [6.45, 7) is 2.00. The van der Waals surface area contributed by atoms with E-state index in [4.69, 9.17) is 5.73 Å². The standard InChI is InChI=1S/C17H25N3O/c1-11(15-7-2-3-8-19-15)20-17(21)14-9-12-5-4-6-13(10-14)16(12)18/h2-3,7-8,11-14,16H,4-6,9-10,18H2,1H3,(H,20,21). The van der Waals surface area contributed by atoms with Crippen molar-refractivity contribution in [2.45, 2.75) is 51.1 Å². The number of hydrogen-bond donors (Lipinski definition) is 2. The molecule has 0 aliphatic heterocycles. The van der Waals surface area contributed by atoms with Crippen LogP contribution in [0.4, 0.5) is 0 Å². The Morgan fingerprint density at radius 2 is 2.05 bits per heavy atom. The van der Waals surface area contributed by atoms with Crippen LogP contribution in [0, 0.1) is 17.8 Å². The lowest BCUT2D eigenvalue weighted by atomic mass is 9.65. The maximum absolute atomic E-state index is 12.5. The summed E-state index contributed by atoms with van der Waals surface area (Å²) in [7, 11) is 0. The van der Waals surface area contributed by atoms with Gasteiger partial charge in [-0.05, 0) is 56.6 Å². The minimum absolute atomic E-state index is 0.0332. The molecule has 114 valence electrons. The maximum atomic E-state index is 12.5. The van der Waals surface area contributed by atoms with E-state index in [1.807, 2.05) is 25.1 Å². The second-order valence-corrected chi connectivity index (χ2v) is 6.68. The van der Waals surface area contributed by atoms with E-state index in [0.29, 0.717) is 17.9 Å². The van der Waals surface area contributed by atoms with E-state index < -0.39 is 0 Å². The van der Waals surface area contributed by atoms with Gasteiger partial charge < -0.3 is 11.1 Å². The van der Waals surface area contributed by atoms with Crippen molar-refractivity contribution in [1.82, 2.24) is 10.3 Å². The Kier molecular flexibility index (Phi) is 4.24. The largest absolute Gasteiger partial charge is 0.348 e. The van der Waals surface area contributed by atoms with Crippen molar-refractivity contribution in [3.8, 4) is 0 Å². The Morgan fingerprint density at radius 3 is 2.67 bits per heavy atom. The number of nitrogens with one attached hydrogen (secondary N) is 1. The Morgan fingerprint density at radius 1 is 1.33 bits per heavy atom. The van der Waals surface area contributed by atoms with Crippen molar-refractivity contribution < 1.29 is 4.79 Å². The van der Waals surface area contributed by atoms with Crippen LogP contribution in [0.5, 0.6) is 0 Å². The average molecular weight is 287 g/mol. The number of amides is 1. The van der Waals surface area contributed by atoms with Crippen LogP contribution in [0.3, 0.4) is 0 Å². The summed E-state index contributed by atoms with van der Waals surface area (Å²) >= 11 is 0. The molecule has 4 nitrogen and oxygen atoms in total. The van der Waals surface area contributed by atoms with Gasteiger partial charge in [-0.25, -0.2) is 0 Å². The SMILES string of the molecule is CC(NC(=O)C1CC2CCCC(C1)C2N)c1ccccn1. The van der Waals surface area contributed by atoms with Crippen LogP contribution in [-0.4, -0.2) is 16.9 Å². The van der Waals surface area contributed by atoms with Crippen LogP contribution in [0.25, 0.3) is 0 Å². The summed E-state index contributed by atoms with van der Waals surface area (Å²) in [5.74, 6) is 1.39. The number of carbonyl (C=O) groups excluding carboxylic acids is 1. The monoisotopic (exact) mass is 287 g/mol. The van der Waals surface area contributed by atoms with E-state index in [9.17, 15) is 4.79 Å². The van der Waals surface area contributed by atoms with Gasteiger partial charge in [-0.3, -0.25) is 9.78 Å². The molecule has 0 spiro atoms. The number of rotatable bonds is 3. The first kappa shape index (κ1) is 14.5. The number of aromatic nitrogens is 1. The van der Waals surface area contributed by atoms with Gasteiger partial charge in [0.25, 0.3) is 0 Å². The first-order chi connectivity index (χ1) is 10.1. The molecular formula is C17H25N3O. The molecule has 3 rings (SSSR count). The molecule has 2 fully saturated rings. The lowest BCUT2D eigenvalue weighted by Crippen LogP contribution is -2.49. The van der Waals surface area contributed by atoms with Gasteiger partial charge in [-0.2, -0.15) is 0 Å². The smallest absolute Gasteiger partial charge is 0.223 e. The number of pyridine rings is 1. The lowest BCUT2D eigenvalue weighted by Gasteiger charge is -2.43. The fourth-order valence-electron chi connectivity index (χ4n) is 4.04. The van der Waals surface area contributed by atoms with Crippen LogP contribution < -0.4 is 11.1 Å². The van der Waals surface area contributed by atoms with E-state index in [1.165, 1.54) is 19.3 Å². The number of carbonyl (C=O) groups is 1. The first-order valence-electron chi connectivity index (χ1n) is 8.12. The molecule has 2 aliphatic rings. The molecule has 1 heterocycles. The normalized spacial score (nSPS) is 33.2. The molecule has 3 unspecified atom stereocenters. The van der Waals surface area contributed by atoms with Crippen LogP contribution >= 0.6 is 0 Å². The summed E-state index contributed by atoms with van der Waals surface area (Å²) in [6.07, 6.45) is 7.34. The second kappa shape index (κ2) is 6.14. The third kappa shape index (κ3) is 3.10. The van der Waals surface area contributed by atoms with Crippen molar-refractivity contribution >= 4 is 5.91 Å². The molecule has 1 aromatic rings. The topological polar surface area (TPSA) is 68.0 Å². The molecule has 3 N–H and O–H groups in total. The summed E-state index contributed by atoms with van der Waals surface area (Å²) in [5.41, 5.74) is 7.21. The molecule has 1 aromatic heterocycles. The highest BCUT2D eigenvalue weighted by Gasteiger charge is 2.40. The zero-order valence-corrected chi connectivity index (χ0v) is 12.7. The Labute approximate surface area is 126 Å². The quantitative estimate of drug-likeness (QED) is 0.897. The van der Waals surface area contributed by atoms with Gasteiger partial charge >= 0.3 is 0 Å². The average Bonchev–Trinajstić information content (AvgIpc) is 2.47. The fourth-order valence-corrected chi connectivity index (χ4v) is 4.04. The summed E-state index contributed by atoms with van der Waals surface area (Å²) in [6, 6.07) is 6.08. The predicted octanol–water partition coefficient (Wildman–Crippen LogP) is 2.41. The van der Waals surface area contributed by atoms with E-state index in [2.05, 4.69) is 10.3 Å². The van der Waals surface area contributed by atoms with Crippen molar-refractivity contribution in [3.63, 3.8) is 0 Å². The number of fused-ring (bicyclic) bond motifs is 2. The molecular weight excluding hydrogens is 262 g/mol. The zero-order valence-electron chi connectivity index (χ0n) is 12.7. The Balaban J connectivity index is 1.61. The molecule has 0 radical (unpaired) electrons. The number of nitrogens with two attached hydrogens (primary N) is 1. The molecule has 1 amide bonds. The van der Waals surface area contributed by atoms with Crippen molar-refractivity contribution in [3.05, 3.63) is 30.1 Å². The predicted molar refractivity (Wildman–Crippen MR) is 82.3 cm³/mol. The summed E-state index contributed by atoms with van der Waals surface area (Å²) < 4.78 is 0. The van der Waals surface area contributed by atoms with Gasteiger partial charge in [0.05, 0.1) is 11.7 Å². The summed E-state index contributed by atoms with van der Waals surface area (Å²) in [5, 5.41) is 3.13. The Hall–Kier alpha value is -1.42. The highest BCUT2D eigenvalue weighted by molar-refractivity contribution is 5.79. The molecule has 3 atom stereocenters. The van der Waals surface area contributed by atoms with E-state index in [0.717, 1.165) is 18.5 Å². The third-order valence-electron chi connectivity index (χ3n) is 5.27. The van der Waals surface area contributed by atoms with Gasteiger partial charge in [0.1, 0.15) is 0 Å². The maximum Gasteiger partial charge on any atom is 0.223 e.